The van der Waals surface area contributed by atoms with Gasteiger partial charge in [-0.1, -0.05) is 29.1 Å². The molecule has 7 nitrogen and oxygen atoms in total. The third-order valence-electron chi connectivity index (χ3n) is 4.47. The summed E-state index contributed by atoms with van der Waals surface area (Å²) in [6, 6.07) is 7.41. The van der Waals surface area contributed by atoms with Gasteiger partial charge in [-0.25, -0.2) is 0 Å². The number of hydrogen-bond donors (Lipinski definition) is 1. The van der Waals surface area contributed by atoms with Crippen molar-refractivity contribution in [2.24, 2.45) is 5.73 Å². The molecule has 0 atom stereocenters. The van der Waals surface area contributed by atoms with Crippen LogP contribution >= 0.6 is 11.8 Å². The summed E-state index contributed by atoms with van der Waals surface area (Å²) in [4.78, 5) is 29.1. The molecule has 2 fully saturated rings. The molecule has 2 N–H and O–H groups in total. The molecule has 24 heavy (non-hydrogen) atoms. The molecule has 8 heteroatoms. The van der Waals surface area contributed by atoms with Crippen LogP contribution in [0.5, 0.6) is 0 Å². The molecule has 2 aliphatic rings. The van der Waals surface area contributed by atoms with Crippen LogP contribution in [0.25, 0.3) is 11.5 Å². The van der Waals surface area contributed by atoms with E-state index in [1.165, 1.54) is 4.90 Å². The lowest BCUT2D eigenvalue weighted by Crippen LogP contribution is -2.44. The van der Waals surface area contributed by atoms with Crippen molar-refractivity contribution in [1.29, 1.82) is 0 Å². The van der Waals surface area contributed by atoms with Crippen molar-refractivity contribution < 1.29 is 14.1 Å². The van der Waals surface area contributed by atoms with Gasteiger partial charge in [-0.05, 0) is 37.0 Å². The third kappa shape index (κ3) is 2.61. The van der Waals surface area contributed by atoms with Crippen molar-refractivity contribution in [3.05, 3.63) is 35.7 Å². The molecular weight excluding hydrogens is 328 g/mol. The lowest BCUT2D eigenvalue weighted by Gasteiger charge is -2.34. The summed E-state index contributed by atoms with van der Waals surface area (Å²) in [5, 5.41) is 3.80. The minimum Gasteiger partial charge on any atom is -0.334 e. The van der Waals surface area contributed by atoms with E-state index in [1.54, 1.807) is 0 Å². The van der Waals surface area contributed by atoms with E-state index >= 15 is 0 Å². The van der Waals surface area contributed by atoms with Crippen molar-refractivity contribution in [2.45, 2.75) is 31.3 Å². The fourth-order valence-electron chi connectivity index (χ4n) is 2.84. The predicted molar refractivity (Wildman–Crippen MR) is 87.9 cm³/mol. The molecule has 1 aliphatic carbocycles. The maximum atomic E-state index is 11.7. The largest absolute Gasteiger partial charge is 0.334 e. The molecule has 4 rings (SSSR count). The molecule has 1 saturated heterocycles. The molecule has 1 aromatic heterocycles. The van der Waals surface area contributed by atoms with Crippen LogP contribution < -0.4 is 5.73 Å². The topological polar surface area (TPSA) is 102 Å². The van der Waals surface area contributed by atoms with Crippen LogP contribution in [0.15, 0.2) is 28.8 Å². The highest BCUT2D eigenvalue weighted by Gasteiger charge is 2.39. The second-order valence-corrected chi connectivity index (χ2v) is 7.09. The second-order valence-electron chi connectivity index (χ2n) is 6.17. The molecule has 2 heterocycles. The minimum absolute atomic E-state index is 0.162. The first-order valence-corrected chi connectivity index (χ1v) is 8.73. The number of carbonyl (C=O) groups is 2. The average Bonchev–Trinajstić information content (AvgIpc) is 3.16. The summed E-state index contributed by atoms with van der Waals surface area (Å²) < 4.78 is 5.35. The molecule has 124 valence electrons. The third-order valence-corrected chi connectivity index (χ3v) is 5.33. The Labute approximate surface area is 142 Å². The average molecular weight is 344 g/mol. The van der Waals surface area contributed by atoms with Crippen LogP contribution in [-0.4, -0.2) is 31.9 Å². The Balaban J connectivity index is 1.56. The molecule has 1 saturated carbocycles. The summed E-state index contributed by atoms with van der Waals surface area (Å²) in [7, 11) is 0. The molecule has 1 aliphatic heterocycles. The van der Waals surface area contributed by atoms with E-state index in [4.69, 9.17) is 10.3 Å². The summed E-state index contributed by atoms with van der Waals surface area (Å²) in [6.45, 7) is 0.250. The number of hydrogen-bond acceptors (Lipinski definition) is 7. The maximum absolute atomic E-state index is 11.7. The number of nitrogens with zero attached hydrogens (tertiary/aromatic N) is 3. The van der Waals surface area contributed by atoms with Crippen molar-refractivity contribution in [1.82, 2.24) is 15.0 Å². The number of aromatic nitrogens is 2. The van der Waals surface area contributed by atoms with Crippen LogP contribution in [0.1, 0.15) is 30.7 Å². The van der Waals surface area contributed by atoms with Gasteiger partial charge in [-0.15, -0.1) is 0 Å². The Morgan fingerprint density at radius 1 is 1.33 bits per heavy atom. The number of carbonyl (C=O) groups excluding carboxylic acids is 2. The number of nitrogens with two attached hydrogens (primary N) is 1. The molecule has 0 spiro atoms. The van der Waals surface area contributed by atoms with Gasteiger partial charge in [0.15, 0.2) is 5.82 Å². The smallest absolute Gasteiger partial charge is 0.289 e. The minimum atomic E-state index is -0.467. The van der Waals surface area contributed by atoms with Crippen molar-refractivity contribution in [3.63, 3.8) is 0 Å². The number of rotatable bonds is 4. The molecule has 0 radical (unpaired) electrons. The van der Waals surface area contributed by atoms with E-state index < -0.39 is 5.54 Å². The van der Waals surface area contributed by atoms with Gasteiger partial charge >= 0.3 is 0 Å². The van der Waals surface area contributed by atoms with Gasteiger partial charge < -0.3 is 10.3 Å². The zero-order valence-corrected chi connectivity index (χ0v) is 13.7. The van der Waals surface area contributed by atoms with Crippen molar-refractivity contribution in [2.75, 3.05) is 5.75 Å². The van der Waals surface area contributed by atoms with Gasteiger partial charge in [0, 0.05) is 5.56 Å². The molecule has 2 amide bonds. The molecule has 0 unspecified atom stereocenters. The summed E-state index contributed by atoms with van der Waals surface area (Å²) in [6.07, 6.45) is 2.80. The van der Waals surface area contributed by atoms with E-state index in [9.17, 15) is 9.59 Å². The molecule has 1 aromatic carbocycles. The Bertz CT molecular complexity index is 799. The predicted octanol–water partition coefficient (Wildman–Crippen LogP) is 2.27. The molecule has 0 bridgehead atoms. The van der Waals surface area contributed by atoms with Gasteiger partial charge in [0.25, 0.3) is 11.1 Å². The quantitative estimate of drug-likeness (QED) is 0.907. The van der Waals surface area contributed by atoms with E-state index in [2.05, 4.69) is 10.1 Å². The fourth-order valence-corrected chi connectivity index (χ4v) is 3.57. The summed E-state index contributed by atoms with van der Waals surface area (Å²) >= 11 is 1.03. The van der Waals surface area contributed by atoms with Gasteiger partial charge in [0.05, 0.1) is 17.8 Å². The number of amides is 2. The normalized spacial score (nSPS) is 19.6. The fraction of sp³-hybridized carbons (Fsp3) is 0.375. The van der Waals surface area contributed by atoms with Crippen LogP contribution in [0.3, 0.4) is 0 Å². The first-order valence-electron chi connectivity index (χ1n) is 7.75. The first-order chi connectivity index (χ1) is 11.5. The monoisotopic (exact) mass is 344 g/mol. The SMILES string of the molecule is NC1(c2noc(-c3cccc(CN4C(=O)CSC4=O)c3)n2)CCC1. The van der Waals surface area contributed by atoms with E-state index in [1.807, 2.05) is 24.3 Å². The Hall–Kier alpha value is -2.19. The number of imide groups is 1. The summed E-state index contributed by atoms with van der Waals surface area (Å²) in [5.41, 5.74) is 7.34. The molecular formula is C16H16N4O3S. The zero-order chi connectivity index (χ0) is 16.7. The number of thioether (sulfide) groups is 1. The van der Waals surface area contributed by atoms with E-state index in [0.29, 0.717) is 11.7 Å². The second kappa shape index (κ2) is 5.71. The van der Waals surface area contributed by atoms with Gasteiger partial charge in [-0.2, -0.15) is 4.98 Å². The van der Waals surface area contributed by atoms with Crippen LogP contribution in [0, 0.1) is 0 Å². The van der Waals surface area contributed by atoms with Crippen LogP contribution in [0.2, 0.25) is 0 Å². The van der Waals surface area contributed by atoms with Crippen LogP contribution in [0.4, 0.5) is 4.79 Å². The van der Waals surface area contributed by atoms with Gasteiger partial charge in [-0.3, -0.25) is 14.5 Å². The summed E-state index contributed by atoms with van der Waals surface area (Å²) in [5.74, 6) is 0.988. The first kappa shape index (κ1) is 15.3. The Kier molecular flexibility index (Phi) is 3.65. The highest BCUT2D eigenvalue weighted by molar-refractivity contribution is 8.14. The lowest BCUT2D eigenvalue weighted by molar-refractivity contribution is -0.125. The van der Waals surface area contributed by atoms with Crippen molar-refractivity contribution >= 4 is 22.9 Å². The van der Waals surface area contributed by atoms with Crippen LogP contribution in [-0.2, 0) is 16.9 Å². The highest BCUT2D eigenvalue weighted by Crippen LogP contribution is 2.37. The molecule has 2 aromatic rings. The Morgan fingerprint density at radius 3 is 2.83 bits per heavy atom. The van der Waals surface area contributed by atoms with Gasteiger partial charge in [0.1, 0.15) is 0 Å². The lowest BCUT2D eigenvalue weighted by atomic mass is 9.77. The number of benzene rings is 1. The highest BCUT2D eigenvalue weighted by atomic mass is 32.2. The van der Waals surface area contributed by atoms with E-state index in [-0.39, 0.29) is 23.4 Å². The Morgan fingerprint density at radius 2 is 2.17 bits per heavy atom. The van der Waals surface area contributed by atoms with Gasteiger partial charge in [0.2, 0.25) is 5.91 Å². The maximum Gasteiger partial charge on any atom is 0.289 e. The van der Waals surface area contributed by atoms with Crippen molar-refractivity contribution in [3.8, 4) is 11.5 Å². The zero-order valence-electron chi connectivity index (χ0n) is 12.9. The standard InChI is InChI=1S/C16H16N4O3S/c17-16(5-2-6-16)14-18-13(23-19-14)11-4-1-3-10(7-11)8-20-12(21)9-24-15(20)22/h1,3-4,7H,2,5-6,8-9,17H2. The van der Waals surface area contributed by atoms with E-state index in [0.717, 1.165) is 42.2 Å².